The number of carboxylic acid groups (broad SMARTS) is 1. The molecule has 0 heterocycles. The van der Waals surface area contributed by atoms with E-state index < -0.39 is 16.4 Å². The molecular weight excluding hydrogens is 369 g/mol. The molecule has 0 atom stereocenters. The average molecular weight is 382 g/mol. The summed E-state index contributed by atoms with van der Waals surface area (Å²) in [6, 6.07) is 0. The molecule has 0 amide bonds. The van der Waals surface area contributed by atoms with Crippen molar-refractivity contribution in [2.75, 3.05) is 0 Å². The van der Waals surface area contributed by atoms with Crippen molar-refractivity contribution >= 4 is 140 Å². The van der Waals surface area contributed by atoms with Gasteiger partial charge in [0.15, 0.2) is 0 Å². The Bertz CT molecular complexity index is 169. The molecular formula is C2H13BaKMgO7S. The van der Waals surface area contributed by atoms with E-state index in [0.717, 1.165) is 6.92 Å². The van der Waals surface area contributed by atoms with Gasteiger partial charge in [0.2, 0.25) is 0 Å². The molecule has 0 aromatic carbocycles. The number of aliphatic carboxylic acids is 1. The first-order valence-electron chi connectivity index (χ1n) is 1.63. The Hall–Kier alpha value is 3.27. The van der Waals surface area contributed by atoms with Crippen molar-refractivity contribution in [3.8, 4) is 0 Å². The van der Waals surface area contributed by atoms with E-state index in [1.165, 1.54) is 0 Å². The fraction of sp³-hybridized carbons (Fsp3) is 0.500. The van der Waals surface area contributed by atoms with Crippen molar-refractivity contribution in [2.45, 2.75) is 6.92 Å². The van der Waals surface area contributed by atoms with Gasteiger partial charge in [-0.05, 0) is 0 Å². The standard InChI is InChI=1S/C2H4O2.Ba.K.Mg.H2O4S.H2O.5H/c1-2(3)4;;;;1-5(2,3)4;;;;;;/h1H3,(H,3,4);;;;(H2,1,2,3,4);1H2;;;;;. The van der Waals surface area contributed by atoms with E-state index in [9.17, 15) is 0 Å². The molecule has 74 valence electrons. The van der Waals surface area contributed by atoms with E-state index in [4.69, 9.17) is 27.4 Å². The van der Waals surface area contributed by atoms with E-state index in [1.807, 2.05) is 0 Å². The predicted octanol–water partition coefficient (Wildman–Crippen LogP) is -3.87. The Labute approximate surface area is 175 Å². The molecule has 7 nitrogen and oxygen atoms in total. The molecule has 0 aromatic heterocycles. The fourth-order valence-corrected chi connectivity index (χ4v) is 0. The summed E-state index contributed by atoms with van der Waals surface area (Å²) >= 11 is 0. The van der Waals surface area contributed by atoms with Gasteiger partial charge in [-0.3, -0.25) is 13.9 Å². The van der Waals surface area contributed by atoms with Crippen LogP contribution < -0.4 is 0 Å². The number of rotatable bonds is 0. The van der Waals surface area contributed by atoms with Crippen LogP contribution in [0.2, 0.25) is 0 Å². The quantitative estimate of drug-likeness (QED) is 0.289. The zero-order valence-electron chi connectivity index (χ0n) is 4.97. The van der Waals surface area contributed by atoms with Crippen LogP contribution in [0.4, 0.5) is 0 Å². The Balaban J connectivity index is -0.0000000146. The van der Waals surface area contributed by atoms with Crippen LogP contribution >= 0.6 is 0 Å². The molecule has 0 saturated heterocycles. The topological polar surface area (TPSA) is 143 Å². The summed E-state index contributed by atoms with van der Waals surface area (Å²) in [5, 5.41) is 7.42. The molecule has 0 fully saturated rings. The smallest absolute Gasteiger partial charge is 0.316 e. The summed E-state index contributed by atoms with van der Waals surface area (Å²) in [6.07, 6.45) is 0. The first-order chi connectivity index (χ1) is 3.73. The Morgan fingerprint density at radius 1 is 1.23 bits per heavy atom. The van der Waals surface area contributed by atoms with Crippen LogP contribution in [0.15, 0.2) is 0 Å². The predicted molar refractivity (Wildman–Crippen MR) is 55.3 cm³/mol. The maximum atomic E-state index is 9.00. The van der Waals surface area contributed by atoms with Crippen LogP contribution in [0.5, 0.6) is 0 Å². The molecule has 0 spiro atoms. The van der Waals surface area contributed by atoms with Gasteiger partial charge in [0.1, 0.15) is 0 Å². The van der Waals surface area contributed by atoms with Crippen LogP contribution in [-0.4, -0.2) is 157 Å². The normalized spacial score (nSPS) is 6.38. The molecule has 0 aliphatic heterocycles. The largest absolute Gasteiger partial charge is 0.316 e. The molecule has 0 bridgehead atoms. The number of carboxylic acids is 1. The van der Waals surface area contributed by atoms with Crippen LogP contribution in [0.1, 0.15) is 6.92 Å². The number of hydrogen-bond acceptors (Lipinski definition) is 3. The van der Waals surface area contributed by atoms with Gasteiger partial charge in [-0.15, -0.1) is 0 Å². The van der Waals surface area contributed by atoms with Gasteiger partial charge in [-0.25, -0.2) is 0 Å². The van der Waals surface area contributed by atoms with E-state index in [2.05, 4.69) is 0 Å². The van der Waals surface area contributed by atoms with Gasteiger partial charge in [0.05, 0.1) is 0 Å². The van der Waals surface area contributed by atoms with E-state index in [-0.39, 0.29) is 129 Å². The van der Waals surface area contributed by atoms with Gasteiger partial charge in [0.25, 0.3) is 5.97 Å². The first-order valence-corrected chi connectivity index (χ1v) is 3.02. The molecule has 13 heavy (non-hydrogen) atoms. The average Bonchev–Trinajstić information content (AvgIpc) is 1.19. The van der Waals surface area contributed by atoms with Gasteiger partial charge in [-0.1, -0.05) is 0 Å². The SMILES string of the molecule is CC(=O)O.O.O=S(=O)(O)O.[BaH2].[KH].[MgH2]. The third kappa shape index (κ3) is 251. The molecule has 11 heteroatoms. The Kier molecular flexibility index (Phi) is 57.2. The Morgan fingerprint density at radius 3 is 1.23 bits per heavy atom. The zero-order valence-corrected chi connectivity index (χ0v) is 5.79. The molecule has 0 aliphatic carbocycles. The van der Waals surface area contributed by atoms with Gasteiger partial charge >= 0.3 is 134 Å². The van der Waals surface area contributed by atoms with Crippen molar-refractivity contribution in [3.63, 3.8) is 0 Å². The monoisotopic (exact) mass is 382 g/mol. The second-order valence-corrected chi connectivity index (χ2v) is 1.86. The maximum absolute atomic E-state index is 9.00. The Morgan fingerprint density at radius 2 is 1.23 bits per heavy atom. The minimum atomic E-state index is -4.67. The summed E-state index contributed by atoms with van der Waals surface area (Å²) < 4.78 is 31.6. The minimum Gasteiger partial charge on any atom is 0.316 e. The van der Waals surface area contributed by atoms with Crippen LogP contribution in [-0.2, 0) is 15.2 Å². The van der Waals surface area contributed by atoms with Crippen molar-refractivity contribution in [3.05, 3.63) is 0 Å². The fourth-order valence-electron chi connectivity index (χ4n) is 0. The molecule has 0 rings (SSSR count). The van der Waals surface area contributed by atoms with Crippen LogP contribution in [0, 0.1) is 0 Å². The van der Waals surface area contributed by atoms with Crippen molar-refractivity contribution in [1.29, 1.82) is 0 Å². The second kappa shape index (κ2) is 20.7. The van der Waals surface area contributed by atoms with Crippen LogP contribution in [0.3, 0.4) is 0 Å². The summed E-state index contributed by atoms with van der Waals surface area (Å²) in [7, 11) is -4.67. The van der Waals surface area contributed by atoms with Gasteiger partial charge < -0.3 is 10.6 Å². The van der Waals surface area contributed by atoms with E-state index in [0.29, 0.717) is 0 Å². The summed E-state index contributed by atoms with van der Waals surface area (Å²) in [4.78, 5) is 9.00. The zero-order chi connectivity index (χ0) is 8.08. The van der Waals surface area contributed by atoms with Crippen molar-refractivity contribution in [2.24, 2.45) is 0 Å². The first kappa shape index (κ1) is 36.0. The molecule has 0 aliphatic rings. The molecule has 0 radical (unpaired) electrons. The molecule has 0 saturated carbocycles. The summed E-state index contributed by atoms with van der Waals surface area (Å²) in [5.74, 6) is -0.833. The van der Waals surface area contributed by atoms with Gasteiger partial charge in [0, 0.05) is 6.92 Å². The van der Waals surface area contributed by atoms with Crippen molar-refractivity contribution in [1.82, 2.24) is 0 Å². The van der Waals surface area contributed by atoms with E-state index >= 15 is 0 Å². The van der Waals surface area contributed by atoms with Crippen molar-refractivity contribution < 1.29 is 32.9 Å². The molecule has 0 aromatic rings. The third-order valence-corrected chi connectivity index (χ3v) is 0. The summed E-state index contributed by atoms with van der Waals surface area (Å²) in [6.45, 7) is 1.08. The second-order valence-electron chi connectivity index (χ2n) is 0.967. The maximum Gasteiger partial charge on any atom is 0.316 e. The molecule has 5 N–H and O–H groups in total. The molecule has 0 unspecified atom stereocenters. The number of carbonyl (C=O) groups is 1. The minimum absolute atomic E-state index is 0. The number of hydrogen-bond donors (Lipinski definition) is 3. The van der Waals surface area contributed by atoms with Crippen LogP contribution in [0.25, 0.3) is 0 Å². The summed E-state index contributed by atoms with van der Waals surface area (Å²) in [5.41, 5.74) is 0. The van der Waals surface area contributed by atoms with E-state index in [1.54, 1.807) is 0 Å². The van der Waals surface area contributed by atoms with Gasteiger partial charge in [-0.2, -0.15) is 8.42 Å². The third-order valence-electron chi connectivity index (χ3n) is 0.